The second-order valence-electron chi connectivity index (χ2n) is 4.74. The van der Waals surface area contributed by atoms with Gasteiger partial charge >= 0.3 is 0 Å². The predicted octanol–water partition coefficient (Wildman–Crippen LogP) is 3.38. The Morgan fingerprint density at radius 2 is 1.78 bits per heavy atom. The van der Waals surface area contributed by atoms with E-state index >= 15 is 0 Å². The molecule has 120 valence electrons. The van der Waals surface area contributed by atoms with Crippen LogP contribution in [0.25, 0.3) is 0 Å². The summed E-state index contributed by atoms with van der Waals surface area (Å²) in [6.45, 7) is 1.42. The molecule has 2 aromatic carbocycles. The summed E-state index contributed by atoms with van der Waals surface area (Å²) in [5, 5.41) is 5.49. The van der Waals surface area contributed by atoms with Gasteiger partial charge in [0.25, 0.3) is 0 Å². The van der Waals surface area contributed by atoms with Crippen LogP contribution in [0.4, 0.5) is 11.4 Å². The third kappa shape index (κ3) is 5.34. The van der Waals surface area contributed by atoms with E-state index in [0.717, 1.165) is 4.90 Å². The molecule has 0 bridgehead atoms. The first-order valence-corrected chi connectivity index (χ1v) is 8.00. The van der Waals surface area contributed by atoms with Gasteiger partial charge in [0.2, 0.25) is 11.8 Å². The molecule has 0 atom stereocenters. The normalized spacial score (nSPS) is 10.0. The number of thioether (sulfide) groups is 1. The minimum Gasteiger partial charge on any atom is -0.497 e. The maximum absolute atomic E-state index is 12.1. The van der Waals surface area contributed by atoms with Gasteiger partial charge in [0.15, 0.2) is 0 Å². The van der Waals surface area contributed by atoms with Crippen molar-refractivity contribution in [3.63, 3.8) is 0 Å². The van der Waals surface area contributed by atoms with Gasteiger partial charge in [-0.2, -0.15) is 0 Å². The third-order valence-corrected chi connectivity index (χ3v) is 3.94. The lowest BCUT2D eigenvalue weighted by molar-refractivity contribution is -0.115. The molecule has 0 radical (unpaired) electrons. The number of carbonyl (C=O) groups excluding carboxylic acids is 2. The highest BCUT2D eigenvalue weighted by Gasteiger charge is 2.10. The first kappa shape index (κ1) is 16.9. The van der Waals surface area contributed by atoms with Gasteiger partial charge < -0.3 is 15.4 Å². The summed E-state index contributed by atoms with van der Waals surface area (Å²) in [4.78, 5) is 24.4. The SMILES string of the molecule is COc1ccc(NC(C)=O)c(NC(=O)CSc2ccccc2)c1. The van der Waals surface area contributed by atoms with Crippen molar-refractivity contribution >= 4 is 35.0 Å². The molecule has 2 aromatic rings. The van der Waals surface area contributed by atoms with Crippen molar-refractivity contribution in [1.82, 2.24) is 0 Å². The Morgan fingerprint density at radius 3 is 2.43 bits per heavy atom. The minimum atomic E-state index is -0.204. The predicted molar refractivity (Wildman–Crippen MR) is 93.1 cm³/mol. The topological polar surface area (TPSA) is 67.4 Å². The van der Waals surface area contributed by atoms with E-state index in [1.54, 1.807) is 25.3 Å². The van der Waals surface area contributed by atoms with Gasteiger partial charge in [0.1, 0.15) is 5.75 Å². The Labute approximate surface area is 139 Å². The van der Waals surface area contributed by atoms with Crippen LogP contribution in [0.2, 0.25) is 0 Å². The van der Waals surface area contributed by atoms with Gasteiger partial charge in [0.05, 0.1) is 24.2 Å². The van der Waals surface area contributed by atoms with Crippen LogP contribution in [-0.2, 0) is 9.59 Å². The second-order valence-corrected chi connectivity index (χ2v) is 5.79. The average Bonchev–Trinajstić information content (AvgIpc) is 2.55. The monoisotopic (exact) mass is 330 g/mol. The summed E-state index contributed by atoms with van der Waals surface area (Å²) in [5.41, 5.74) is 1.05. The molecule has 0 aliphatic heterocycles. The molecule has 2 rings (SSSR count). The number of ether oxygens (including phenoxy) is 1. The smallest absolute Gasteiger partial charge is 0.234 e. The van der Waals surface area contributed by atoms with Gasteiger partial charge in [-0.3, -0.25) is 9.59 Å². The molecule has 0 saturated heterocycles. The lowest BCUT2D eigenvalue weighted by Crippen LogP contribution is -2.16. The highest BCUT2D eigenvalue weighted by molar-refractivity contribution is 8.00. The number of rotatable bonds is 6. The summed E-state index contributed by atoms with van der Waals surface area (Å²) in [6.07, 6.45) is 0. The number of nitrogens with one attached hydrogen (secondary N) is 2. The van der Waals surface area contributed by atoms with E-state index in [2.05, 4.69) is 10.6 Å². The number of hydrogen-bond donors (Lipinski definition) is 2. The molecule has 5 nitrogen and oxygen atoms in total. The van der Waals surface area contributed by atoms with Gasteiger partial charge in [-0.15, -0.1) is 11.8 Å². The van der Waals surface area contributed by atoms with Crippen LogP contribution in [0.5, 0.6) is 5.75 Å². The molecule has 0 fully saturated rings. The van der Waals surface area contributed by atoms with E-state index in [-0.39, 0.29) is 17.6 Å². The van der Waals surface area contributed by atoms with Crippen molar-refractivity contribution in [2.45, 2.75) is 11.8 Å². The molecule has 2 amide bonds. The second kappa shape index (κ2) is 8.24. The van der Waals surface area contributed by atoms with Crippen molar-refractivity contribution in [2.24, 2.45) is 0 Å². The van der Waals surface area contributed by atoms with E-state index < -0.39 is 0 Å². The highest BCUT2D eigenvalue weighted by atomic mass is 32.2. The van der Waals surface area contributed by atoms with Crippen LogP contribution in [0.15, 0.2) is 53.4 Å². The van der Waals surface area contributed by atoms with E-state index in [4.69, 9.17) is 4.74 Å². The molecule has 2 N–H and O–H groups in total. The number of methoxy groups -OCH3 is 1. The largest absolute Gasteiger partial charge is 0.497 e. The number of amides is 2. The van der Waals surface area contributed by atoms with Crippen LogP contribution in [0.3, 0.4) is 0 Å². The lowest BCUT2D eigenvalue weighted by Gasteiger charge is -2.13. The summed E-state index contributed by atoms with van der Waals surface area (Å²) in [5.74, 6) is 0.522. The molecule has 0 aliphatic carbocycles. The van der Waals surface area contributed by atoms with Gasteiger partial charge in [-0.05, 0) is 24.3 Å². The maximum atomic E-state index is 12.1. The molecule has 0 aromatic heterocycles. The zero-order chi connectivity index (χ0) is 16.7. The molecule has 0 spiro atoms. The Hall–Kier alpha value is -2.47. The van der Waals surface area contributed by atoms with Gasteiger partial charge in [-0.25, -0.2) is 0 Å². The molecule has 0 unspecified atom stereocenters. The molecule has 0 aliphatic rings. The van der Waals surface area contributed by atoms with Gasteiger partial charge in [-0.1, -0.05) is 18.2 Å². The van der Waals surface area contributed by atoms with E-state index in [1.807, 2.05) is 30.3 Å². The van der Waals surface area contributed by atoms with Crippen molar-refractivity contribution < 1.29 is 14.3 Å². The molecule has 6 heteroatoms. The fourth-order valence-corrected chi connectivity index (χ4v) is 2.62. The molecule has 0 saturated carbocycles. The van der Waals surface area contributed by atoms with Crippen LogP contribution in [0.1, 0.15) is 6.92 Å². The summed E-state index contributed by atoms with van der Waals surface area (Å²) in [6, 6.07) is 14.8. The van der Waals surface area contributed by atoms with Crippen LogP contribution < -0.4 is 15.4 Å². The Kier molecular flexibility index (Phi) is 6.05. The molecule has 0 heterocycles. The van der Waals surface area contributed by atoms with Crippen molar-refractivity contribution in [3.8, 4) is 5.75 Å². The fraction of sp³-hybridized carbons (Fsp3) is 0.176. The highest BCUT2D eigenvalue weighted by Crippen LogP contribution is 2.27. The van der Waals surface area contributed by atoms with E-state index in [0.29, 0.717) is 17.1 Å². The zero-order valence-corrected chi connectivity index (χ0v) is 13.8. The third-order valence-electron chi connectivity index (χ3n) is 2.92. The fourth-order valence-electron chi connectivity index (χ4n) is 1.90. The standard InChI is InChI=1S/C17H18N2O3S/c1-12(20)18-15-9-8-13(22-2)10-16(15)19-17(21)11-23-14-6-4-3-5-7-14/h3-10H,11H2,1-2H3,(H,18,20)(H,19,21). The molecular formula is C17H18N2O3S. The Morgan fingerprint density at radius 1 is 1.04 bits per heavy atom. The quantitative estimate of drug-likeness (QED) is 0.797. The first-order valence-electron chi connectivity index (χ1n) is 7.02. The lowest BCUT2D eigenvalue weighted by atomic mass is 10.2. The minimum absolute atomic E-state index is 0.154. The molecular weight excluding hydrogens is 312 g/mol. The zero-order valence-electron chi connectivity index (χ0n) is 13.0. The van der Waals surface area contributed by atoms with Crippen molar-refractivity contribution in [3.05, 3.63) is 48.5 Å². The Bertz CT molecular complexity index is 689. The van der Waals surface area contributed by atoms with Crippen molar-refractivity contribution in [1.29, 1.82) is 0 Å². The number of carbonyl (C=O) groups is 2. The number of benzene rings is 2. The summed E-state index contributed by atoms with van der Waals surface area (Å²) < 4.78 is 5.16. The summed E-state index contributed by atoms with van der Waals surface area (Å²) in [7, 11) is 1.55. The van der Waals surface area contributed by atoms with Crippen molar-refractivity contribution in [2.75, 3.05) is 23.5 Å². The van der Waals surface area contributed by atoms with Crippen LogP contribution in [0, 0.1) is 0 Å². The average molecular weight is 330 g/mol. The molecule has 23 heavy (non-hydrogen) atoms. The van der Waals surface area contributed by atoms with E-state index in [9.17, 15) is 9.59 Å². The Balaban J connectivity index is 2.04. The van der Waals surface area contributed by atoms with Crippen LogP contribution in [-0.4, -0.2) is 24.7 Å². The summed E-state index contributed by atoms with van der Waals surface area (Å²) >= 11 is 1.45. The van der Waals surface area contributed by atoms with Crippen LogP contribution >= 0.6 is 11.8 Å². The first-order chi connectivity index (χ1) is 11.1. The number of hydrogen-bond acceptors (Lipinski definition) is 4. The van der Waals surface area contributed by atoms with E-state index in [1.165, 1.54) is 18.7 Å². The maximum Gasteiger partial charge on any atom is 0.234 e. The van der Waals surface area contributed by atoms with Gasteiger partial charge in [0, 0.05) is 17.9 Å². The number of anilines is 2.